The number of nitrogens with zero attached hydrogens (tertiary/aromatic N) is 3. The van der Waals surface area contributed by atoms with E-state index in [1.807, 2.05) is 13.8 Å². The number of anilines is 1. The summed E-state index contributed by atoms with van der Waals surface area (Å²) in [4.78, 5) is 34.3. The number of fused-ring (bicyclic) bond motifs is 1. The van der Waals surface area contributed by atoms with E-state index in [1.165, 1.54) is 19.5 Å². The summed E-state index contributed by atoms with van der Waals surface area (Å²) >= 11 is 12.3. The summed E-state index contributed by atoms with van der Waals surface area (Å²) in [7, 11) is 1.48. The van der Waals surface area contributed by atoms with Crippen molar-refractivity contribution in [3.8, 4) is 5.75 Å². The van der Waals surface area contributed by atoms with Crippen molar-refractivity contribution in [1.82, 2.24) is 14.8 Å². The molecule has 2 atom stereocenters. The van der Waals surface area contributed by atoms with Gasteiger partial charge < -0.3 is 24.5 Å². The molecule has 1 saturated heterocycles. The molecule has 3 aromatic rings. The molecule has 186 valence electrons. The maximum absolute atomic E-state index is 13.4. The van der Waals surface area contributed by atoms with Crippen LogP contribution in [0.4, 0.5) is 5.69 Å². The molecule has 4 rings (SSSR count). The van der Waals surface area contributed by atoms with Gasteiger partial charge in [-0.3, -0.25) is 19.5 Å². The predicted octanol–water partition coefficient (Wildman–Crippen LogP) is 3.92. The summed E-state index contributed by atoms with van der Waals surface area (Å²) in [5.74, 6) is -0.261. The van der Waals surface area contributed by atoms with Gasteiger partial charge in [0.05, 0.1) is 35.0 Å². The number of halogens is 2. The fourth-order valence-corrected chi connectivity index (χ4v) is 4.97. The lowest BCUT2D eigenvalue weighted by Crippen LogP contribution is -2.58. The summed E-state index contributed by atoms with van der Waals surface area (Å²) in [6.45, 7) is 5.63. The van der Waals surface area contributed by atoms with Crippen molar-refractivity contribution in [3.63, 3.8) is 0 Å². The highest BCUT2D eigenvalue weighted by atomic mass is 35.5. The van der Waals surface area contributed by atoms with E-state index >= 15 is 0 Å². The maximum Gasteiger partial charge on any atom is 0.289 e. The van der Waals surface area contributed by atoms with Gasteiger partial charge in [-0.1, -0.05) is 23.2 Å². The third kappa shape index (κ3) is 4.95. The summed E-state index contributed by atoms with van der Waals surface area (Å²) in [5.41, 5.74) is 0.790. The van der Waals surface area contributed by atoms with E-state index < -0.39 is 5.91 Å². The highest BCUT2D eigenvalue weighted by molar-refractivity contribution is 6.39. The Bertz CT molecular complexity index is 1230. The van der Waals surface area contributed by atoms with Crippen LogP contribution in [0.3, 0.4) is 0 Å². The van der Waals surface area contributed by atoms with Gasteiger partial charge >= 0.3 is 0 Å². The minimum absolute atomic E-state index is 0.0623. The lowest BCUT2D eigenvalue weighted by Gasteiger charge is -2.43. The SMILES string of the molecule is COc1ccc(C(=O)Nc2c(Cl)cncc2Cl)c2cc(C(=O)N3CC(C)N(CCO)C(C)C3)oc12. The van der Waals surface area contributed by atoms with Crippen molar-refractivity contribution < 1.29 is 23.8 Å². The van der Waals surface area contributed by atoms with Crippen LogP contribution in [0, 0.1) is 0 Å². The number of β-amino-alcohol motifs (C(OH)–C–C–N with tert-alkyl or cyclic N) is 1. The molecule has 0 aliphatic carbocycles. The summed E-state index contributed by atoms with van der Waals surface area (Å²) in [6, 6.07) is 4.89. The molecule has 2 aromatic heterocycles. The number of carbonyl (C=O) groups is 2. The average Bonchev–Trinajstić information content (AvgIpc) is 3.28. The molecule has 1 aliphatic heterocycles. The Kier molecular flexibility index (Phi) is 7.51. The first-order valence-corrected chi connectivity index (χ1v) is 11.9. The van der Waals surface area contributed by atoms with E-state index in [-0.39, 0.29) is 57.2 Å². The van der Waals surface area contributed by atoms with Crippen molar-refractivity contribution in [2.75, 3.05) is 38.7 Å². The third-order valence-electron chi connectivity index (χ3n) is 6.16. The number of carbonyl (C=O) groups excluding carboxylic acids is 2. The zero-order valence-corrected chi connectivity index (χ0v) is 21.1. The number of pyridine rings is 1. The molecule has 3 heterocycles. The zero-order valence-electron chi connectivity index (χ0n) is 19.5. The molecule has 0 saturated carbocycles. The van der Waals surface area contributed by atoms with Crippen LogP contribution in [0.15, 0.2) is 35.0 Å². The molecule has 11 heteroatoms. The molecule has 2 N–H and O–H groups in total. The predicted molar refractivity (Wildman–Crippen MR) is 134 cm³/mol. The lowest BCUT2D eigenvalue weighted by atomic mass is 10.1. The molecule has 0 bridgehead atoms. The van der Waals surface area contributed by atoms with E-state index in [2.05, 4.69) is 15.2 Å². The Labute approximate surface area is 212 Å². The normalized spacial score (nSPS) is 18.6. The Morgan fingerprint density at radius 2 is 1.86 bits per heavy atom. The molecular formula is C24H26Cl2N4O5. The Hall–Kier alpha value is -2.85. The Morgan fingerprint density at radius 3 is 2.46 bits per heavy atom. The maximum atomic E-state index is 13.4. The smallest absolute Gasteiger partial charge is 0.289 e. The van der Waals surface area contributed by atoms with Crippen molar-refractivity contribution in [1.29, 1.82) is 0 Å². The molecule has 9 nitrogen and oxygen atoms in total. The summed E-state index contributed by atoms with van der Waals surface area (Å²) in [6.07, 6.45) is 2.76. The highest BCUT2D eigenvalue weighted by Crippen LogP contribution is 2.34. The average molecular weight is 521 g/mol. The van der Waals surface area contributed by atoms with Crippen molar-refractivity contribution in [3.05, 3.63) is 52.0 Å². The van der Waals surface area contributed by atoms with Gasteiger partial charge in [-0.25, -0.2) is 0 Å². The fourth-order valence-electron chi connectivity index (χ4n) is 4.51. The molecule has 0 spiro atoms. The van der Waals surface area contributed by atoms with Gasteiger partial charge in [-0.05, 0) is 32.0 Å². The first kappa shape index (κ1) is 25.2. The van der Waals surface area contributed by atoms with Gasteiger partial charge in [0.25, 0.3) is 11.8 Å². The minimum atomic E-state index is -0.479. The van der Waals surface area contributed by atoms with Crippen molar-refractivity contribution in [2.24, 2.45) is 0 Å². The van der Waals surface area contributed by atoms with E-state index in [0.29, 0.717) is 30.8 Å². The second-order valence-corrected chi connectivity index (χ2v) is 9.29. The third-order valence-corrected chi connectivity index (χ3v) is 6.73. The first-order chi connectivity index (χ1) is 16.7. The van der Waals surface area contributed by atoms with E-state index in [0.717, 1.165) is 0 Å². The van der Waals surface area contributed by atoms with Crippen molar-refractivity contribution in [2.45, 2.75) is 25.9 Å². The van der Waals surface area contributed by atoms with Crippen LogP contribution < -0.4 is 10.1 Å². The monoisotopic (exact) mass is 520 g/mol. The largest absolute Gasteiger partial charge is 0.493 e. The molecule has 2 unspecified atom stereocenters. The molecule has 2 amide bonds. The van der Waals surface area contributed by atoms with Gasteiger partial charge in [-0.2, -0.15) is 0 Å². The number of piperazine rings is 1. The topological polar surface area (TPSA) is 108 Å². The number of ether oxygens (including phenoxy) is 1. The molecule has 0 radical (unpaired) electrons. The number of rotatable bonds is 6. The quantitative estimate of drug-likeness (QED) is 0.506. The number of furan rings is 1. The van der Waals surface area contributed by atoms with Crippen LogP contribution in [-0.2, 0) is 0 Å². The molecule has 1 aromatic carbocycles. The number of benzene rings is 1. The van der Waals surface area contributed by atoms with Crippen LogP contribution in [0.1, 0.15) is 34.8 Å². The van der Waals surface area contributed by atoms with Gasteiger partial charge in [0, 0.05) is 49.5 Å². The van der Waals surface area contributed by atoms with Crippen LogP contribution in [0.5, 0.6) is 5.75 Å². The Balaban J connectivity index is 1.66. The summed E-state index contributed by atoms with van der Waals surface area (Å²) in [5, 5.41) is 12.9. The van der Waals surface area contributed by atoms with Crippen LogP contribution >= 0.6 is 23.2 Å². The number of methoxy groups -OCH3 is 1. The Morgan fingerprint density at radius 1 is 1.20 bits per heavy atom. The standard InChI is InChI=1S/C24H26Cl2N4O5/c1-13-11-29(12-14(2)30(13)6-7-31)24(33)20-8-16-15(4-5-19(34-3)22(16)35-20)23(32)28-21-17(25)9-27-10-18(21)26/h4-5,8-10,13-14,31H,6-7,11-12H2,1-3H3,(H,27,28,32). The van der Waals surface area contributed by atoms with Gasteiger partial charge in [0.1, 0.15) is 0 Å². The number of aliphatic hydroxyl groups is 1. The number of aliphatic hydroxyl groups excluding tert-OH is 1. The number of hydrogen-bond donors (Lipinski definition) is 2. The molecular weight excluding hydrogens is 495 g/mol. The van der Waals surface area contributed by atoms with Crippen LogP contribution in [-0.4, -0.2) is 77.1 Å². The van der Waals surface area contributed by atoms with Crippen LogP contribution in [0.25, 0.3) is 11.0 Å². The highest BCUT2D eigenvalue weighted by Gasteiger charge is 2.33. The molecule has 1 aliphatic rings. The van der Waals surface area contributed by atoms with Gasteiger partial charge in [0.15, 0.2) is 17.1 Å². The number of aromatic nitrogens is 1. The zero-order chi connectivity index (χ0) is 25.3. The lowest BCUT2D eigenvalue weighted by molar-refractivity contribution is 0.0220. The number of amides is 2. The molecule has 1 fully saturated rings. The van der Waals surface area contributed by atoms with Gasteiger partial charge in [-0.15, -0.1) is 0 Å². The molecule has 35 heavy (non-hydrogen) atoms. The first-order valence-electron chi connectivity index (χ1n) is 11.1. The van der Waals surface area contributed by atoms with Crippen LogP contribution in [0.2, 0.25) is 10.0 Å². The summed E-state index contributed by atoms with van der Waals surface area (Å²) < 4.78 is 11.3. The number of nitrogens with one attached hydrogen (secondary N) is 1. The minimum Gasteiger partial charge on any atom is -0.493 e. The van der Waals surface area contributed by atoms with E-state index in [1.54, 1.807) is 23.1 Å². The van der Waals surface area contributed by atoms with Gasteiger partial charge in [0.2, 0.25) is 0 Å². The van der Waals surface area contributed by atoms with E-state index in [9.17, 15) is 14.7 Å². The van der Waals surface area contributed by atoms with E-state index in [4.69, 9.17) is 32.4 Å². The fraction of sp³-hybridized carbons (Fsp3) is 0.375. The van der Waals surface area contributed by atoms with Crippen molar-refractivity contribution >= 4 is 51.7 Å². The number of hydrogen-bond acceptors (Lipinski definition) is 7. The second-order valence-electron chi connectivity index (χ2n) is 8.47. The second kappa shape index (κ2) is 10.4.